The average Bonchev–Trinajstić information content (AvgIpc) is 3.08. The number of anilines is 1. The Balaban J connectivity index is 1.54. The number of para-hydroxylation sites is 1. The van der Waals surface area contributed by atoms with Crippen molar-refractivity contribution in [2.75, 3.05) is 44.3 Å². The van der Waals surface area contributed by atoms with E-state index in [1.807, 2.05) is 36.1 Å². The standard InChI is InChI=1S/C20H27N3O3/c1-16(26-15-18-7-4-13-25-18)20(24)23-10-5-9-22(11-12-23)19-8-3-2-6-17(19)14-21/h2-3,6,8,16,18H,4-5,7,9-13,15H2,1H3/t16-,18-/m1/s1. The molecule has 2 atom stereocenters. The first kappa shape index (κ1) is 18.7. The molecule has 3 rings (SSSR count). The summed E-state index contributed by atoms with van der Waals surface area (Å²) in [5.74, 6) is 0.0402. The summed E-state index contributed by atoms with van der Waals surface area (Å²) in [4.78, 5) is 16.8. The van der Waals surface area contributed by atoms with Crippen molar-refractivity contribution in [3.8, 4) is 6.07 Å². The normalized spacial score (nSPS) is 21.9. The average molecular weight is 357 g/mol. The molecule has 2 aliphatic heterocycles. The number of carbonyl (C=O) groups excluding carboxylic acids is 1. The molecule has 0 saturated carbocycles. The highest BCUT2D eigenvalue weighted by molar-refractivity contribution is 5.80. The van der Waals surface area contributed by atoms with E-state index in [4.69, 9.17) is 9.47 Å². The van der Waals surface area contributed by atoms with Crippen LogP contribution in [0.3, 0.4) is 0 Å². The molecule has 0 aliphatic carbocycles. The third-order valence-corrected chi connectivity index (χ3v) is 5.08. The van der Waals surface area contributed by atoms with Gasteiger partial charge >= 0.3 is 0 Å². The van der Waals surface area contributed by atoms with Crippen LogP contribution < -0.4 is 4.90 Å². The number of nitriles is 1. The SMILES string of the molecule is C[C@@H](OC[C@H]1CCCO1)C(=O)N1CCCN(c2ccccc2C#N)CC1. The maximum absolute atomic E-state index is 12.7. The minimum Gasteiger partial charge on any atom is -0.376 e. The predicted molar refractivity (Wildman–Crippen MR) is 99.0 cm³/mol. The Labute approximate surface area is 155 Å². The summed E-state index contributed by atoms with van der Waals surface area (Å²) in [7, 11) is 0. The molecule has 0 spiro atoms. The van der Waals surface area contributed by atoms with Crippen molar-refractivity contribution < 1.29 is 14.3 Å². The molecule has 140 valence electrons. The minimum absolute atomic E-state index is 0.0402. The van der Waals surface area contributed by atoms with Crippen molar-refractivity contribution >= 4 is 11.6 Å². The Hall–Kier alpha value is -2.10. The van der Waals surface area contributed by atoms with Gasteiger partial charge in [-0.1, -0.05) is 12.1 Å². The second kappa shape index (κ2) is 9.02. The molecular weight excluding hydrogens is 330 g/mol. The fourth-order valence-electron chi connectivity index (χ4n) is 3.58. The summed E-state index contributed by atoms with van der Waals surface area (Å²) in [6, 6.07) is 9.90. The van der Waals surface area contributed by atoms with Gasteiger partial charge in [-0.2, -0.15) is 5.26 Å². The lowest BCUT2D eigenvalue weighted by atomic mass is 10.1. The zero-order valence-corrected chi connectivity index (χ0v) is 15.4. The topological polar surface area (TPSA) is 65.8 Å². The van der Waals surface area contributed by atoms with Gasteiger partial charge in [-0.15, -0.1) is 0 Å². The first-order valence-electron chi connectivity index (χ1n) is 9.45. The van der Waals surface area contributed by atoms with Crippen molar-refractivity contribution in [2.45, 2.75) is 38.4 Å². The molecule has 2 heterocycles. The molecule has 1 aromatic carbocycles. The van der Waals surface area contributed by atoms with Gasteiger partial charge in [-0.05, 0) is 38.3 Å². The summed E-state index contributed by atoms with van der Waals surface area (Å²) in [6.45, 7) is 6.04. The molecule has 1 amide bonds. The first-order chi connectivity index (χ1) is 12.7. The van der Waals surface area contributed by atoms with Gasteiger partial charge in [0.2, 0.25) is 0 Å². The number of benzene rings is 1. The minimum atomic E-state index is -0.447. The molecule has 0 aromatic heterocycles. The van der Waals surface area contributed by atoms with Crippen LogP contribution in [0, 0.1) is 11.3 Å². The first-order valence-corrected chi connectivity index (χ1v) is 9.45. The Kier molecular flexibility index (Phi) is 6.48. The fraction of sp³-hybridized carbons (Fsp3) is 0.600. The van der Waals surface area contributed by atoms with Gasteiger partial charge in [0.25, 0.3) is 5.91 Å². The van der Waals surface area contributed by atoms with Crippen molar-refractivity contribution in [2.24, 2.45) is 0 Å². The van der Waals surface area contributed by atoms with Crippen LogP contribution in [0.25, 0.3) is 0 Å². The van der Waals surface area contributed by atoms with Gasteiger partial charge in [-0.25, -0.2) is 0 Å². The van der Waals surface area contributed by atoms with E-state index in [1.54, 1.807) is 0 Å². The van der Waals surface area contributed by atoms with Gasteiger partial charge in [0.1, 0.15) is 12.2 Å². The third-order valence-electron chi connectivity index (χ3n) is 5.08. The molecular formula is C20H27N3O3. The quantitative estimate of drug-likeness (QED) is 0.808. The van der Waals surface area contributed by atoms with Crippen molar-refractivity contribution in [1.82, 2.24) is 4.90 Å². The maximum Gasteiger partial charge on any atom is 0.251 e. The zero-order valence-electron chi connectivity index (χ0n) is 15.4. The third kappa shape index (κ3) is 4.54. The number of nitrogens with zero attached hydrogens (tertiary/aromatic N) is 3. The fourth-order valence-corrected chi connectivity index (χ4v) is 3.58. The summed E-state index contributed by atoms with van der Waals surface area (Å²) >= 11 is 0. The molecule has 0 radical (unpaired) electrons. The van der Waals surface area contributed by atoms with Crippen LogP contribution in [0.2, 0.25) is 0 Å². The molecule has 6 nitrogen and oxygen atoms in total. The van der Waals surface area contributed by atoms with E-state index in [2.05, 4.69) is 11.0 Å². The number of hydrogen-bond donors (Lipinski definition) is 0. The Morgan fingerprint density at radius 1 is 1.31 bits per heavy atom. The molecule has 1 aromatic rings. The van der Waals surface area contributed by atoms with E-state index in [9.17, 15) is 10.1 Å². The monoisotopic (exact) mass is 357 g/mol. The molecule has 6 heteroatoms. The molecule has 2 saturated heterocycles. The summed E-state index contributed by atoms with van der Waals surface area (Å²) in [5.41, 5.74) is 1.63. The van der Waals surface area contributed by atoms with Crippen LogP contribution in [0.1, 0.15) is 31.7 Å². The number of carbonyl (C=O) groups is 1. The van der Waals surface area contributed by atoms with Crippen molar-refractivity contribution in [3.63, 3.8) is 0 Å². The molecule has 2 aliphatic rings. The zero-order chi connectivity index (χ0) is 18.4. The predicted octanol–water partition coefficient (Wildman–Crippen LogP) is 2.18. The lowest BCUT2D eigenvalue weighted by Gasteiger charge is -2.26. The van der Waals surface area contributed by atoms with Gasteiger partial charge < -0.3 is 19.3 Å². The number of rotatable bonds is 5. The van der Waals surface area contributed by atoms with E-state index in [-0.39, 0.29) is 12.0 Å². The van der Waals surface area contributed by atoms with Crippen LogP contribution in [0.4, 0.5) is 5.69 Å². The van der Waals surface area contributed by atoms with E-state index in [0.717, 1.165) is 51.2 Å². The van der Waals surface area contributed by atoms with E-state index in [0.29, 0.717) is 18.7 Å². The van der Waals surface area contributed by atoms with Crippen molar-refractivity contribution in [3.05, 3.63) is 29.8 Å². The maximum atomic E-state index is 12.7. The highest BCUT2D eigenvalue weighted by Gasteiger charge is 2.26. The van der Waals surface area contributed by atoms with Crippen molar-refractivity contribution in [1.29, 1.82) is 5.26 Å². The summed E-state index contributed by atoms with van der Waals surface area (Å²) in [5, 5.41) is 9.31. The van der Waals surface area contributed by atoms with Gasteiger partial charge in [0.15, 0.2) is 0 Å². The van der Waals surface area contributed by atoms with Crippen LogP contribution in [-0.2, 0) is 14.3 Å². The van der Waals surface area contributed by atoms with Gasteiger partial charge in [0.05, 0.1) is 24.0 Å². The highest BCUT2D eigenvalue weighted by Crippen LogP contribution is 2.21. The van der Waals surface area contributed by atoms with Crippen LogP contribution in [0.5, 0.6) is 0 Å². The van der Waals surface area contributed by atoms with E-state index >= 15 is 0 Å². The molecule has 0 bridgehead atoms. The molecule has 26 heavy (non-hydrogen) atoms. The smallest absolute Gasteiger partial charge is 0.251 e. The largest absolute Gasteiger partial charge is 0.376 e. The van der Waals surface area contributed by atoms with Crippen LogP contribution >= 0.6 is 0 Å². The van der Waals surface area contributed by atoms with Crippen LogP contribution in [0.15, 0.2) is 24.3 Å². The number of hydrogen-bond acceptors (Lipinski definition) is 5. The lowest BCUT2D eigenvalue weighted by molar-refractivity contribution is -0.144. The highest BCUT2D eigenvalue weighted by atomic mass is 16.5. The lowest BCUT2D eigenvalue weighted by Crippen LogP contribution is -2.42. The second-order valence-corrected chi connectivity index (χ2v) is 6.91. The van der Waals surface area contributed by atoms with E-state index in [1.165, 1.54) is 0 Å². The Morgan fingerprint density at radius 3 is 2.92 bits per heavy atom. The summed E-state index contributed by atoms with van der Waals surface area (Å²) in [6.07, 6.45) is 2.65. The Morgan fingerprint density at radius 2 is 2.15 bits per heavy atom. The van der Waals surface area contributed by atoms with E-state index < -0.39 is 6.10 Å². The molecule has 0 unspecified atom stereocenters. The molecule has 2 fully saturated rings. The number of ether oxygens (including phenoxy) is 2. The summed E-state index contributed by atoms with van der Waals surface area (Å²) < 4.78 is 11.3. The Bertz CT molecular complexity index is 652. The van der Waals surface area contributed by atoms with Gasteiger partial charge in [0, 0.05) is 32.8 Å². The second-order valence-electron chi connectivity index (χ2n) is 6.91. The molecule has 0 N–H and O–H groups in total. The van der Waals surface area contributed by atoms with Crippen LogP contribution in [-0.4, -0.2) is 62.4 Å². The van der Waals surface area contributed by atoms with Gasteiger partial charge in [-0.3, -0.25) is 4.79 Å². The number of amides is 1.